The second-order valence-corrected chi connectivity index (χ2v) is 5.91. The van der Waals surface area contributed by atoms with E-state index in [1.54, 1.807) is 0 Å². The fraction of sp³-hybridized carbons (Fsp3) is 0.471. The van der Waals surface area contributed by atoms with Crippen LogP contribution in [0, 0.1) is 23.2 Å². The maximum Gasteiger partial charge on any atom is 0.186 e. The lowest BCUT2D eigenvalue weighted by atomic mass is 9.93. The van der Waals surface area contributed by atoms with Crippen LogP contribution in [0.5, 0.6) is 0 Å². The maximum absolute atomic E-state index is 9.32. The van der Waals surface area contributed by atoms with Crippen molar-refractivity contribution in [2.45, 2.75) is 39.2 Å². The van der Waals surface area contributed by atoms with Crippen LogP contribution in [0.25, 0.3) is 10.9 Å². The minimum absolute atomic E-state index is 0.390. The normalized spacial score (nSPS) is 24.9. The van der Waals surface area contributed by atoms with Crippen molar-refractivity contribution in [3.8, 4) is 6.07 Å². The van der Waals surface area contributed by atoms with Crippen molar-refractivity contribution in [3.63, 3.8) is 0 Å². The predicted octanol–water partition coefficient (Wildman–Crippen LogP) is 3.74. The van der Waals surface area contributed by atoms with Crippen molar-refractivity contribution in [2.75, 3.05) is 5.32 Å². The summed E-state index contributed by atoms with van der Waals surface area (Å²) in [5, 5.41) is 22.1. The molecule has 3 unspecified atom stereocenters. The van der Waals surface area contributed by atoms with Gasteiger partial charge < -0.3 is 5.32 Å². The highest BCUT2D eigenvalue weighted by Gasteiger charge is 2.32. The average molecular weight is 280 g/mol. The largest absolute Gasteiger partial charge is 0.379 e. The Morgan fingerprint density at radius 3 is 2.81 bits per heavy atom. The molecule has 0 spiro atoms. The van der Waals surface area contributed by atoms with Gasteiger partial charge in [-0.25, -0.2) is 0 Å². The molecule has 1 heterocycles. The van der Waals surface area contributed by atoms with Gasteiger partial charge in [-0.2, -0.15) is 5.26 Å². The molecule has 108 valence electrons. The van der Waals surface area contributed by atoms with Gasteiger partial charge in [0.05, 0.1) is 11.2 Å². The van der Waals surface area contributed by atoms with Crippen LogP contribution in [0.2, 0.25) is 0 Å². The third kappa shape index (κ3) is 2.44. The first-order valence-electron chi connectivity index (χ1n) is 7.66. The second kappa shape index (κ2) is 5.69. The molecule has 1 aromatic heterocycles. The van der Waals surface area contributed by atoms with Crippen molar-refractivity contribution in [1.29, 1.82) is 5.26 Å². The molecule has 3 atom stereocenters. The number of anilines is 1. The lowest BCUT2D eigenvalue weighted by Crippen LogP contribution is -2.25. The van der Waals surface area contributed by atoms with Crippen molar-refractivity contribution < 1.29 is 0 Å². The van der Waals surface area contributed by atoms with E-state index in [4.69, 9.17) is 0 Å². The minimum atomic E-state index is 0.390. The zero-order valence-electron chi connectivity index (χ0n) is 12.5. The topological polar surface area (TPSA) is 61.6 Å². The first kappa shape index (κ1) is 13.8. The molecular weight excluding hydrogens is 260 g/mol. The van der Waals surface area contributed by atoms with Crippen molar-refractivity contribution >= 4 is 16.6 Å². The Balaban J connectivity index is 1.98. The molecule has 1 saturated carbocycles. The fourth-order valence-electron chi connectivity index (χ4n) is 3.49. The van der Waals surface area contributed by atoms with Crippen LogP contribution in [-0.2, 0) is 0 Å². The summed E-state index contributed by atoms with van der Waals surface area (Å²) in [4.78, 5) is 0. The molecule has 3 rings (SSSR count). The molecule has 0 amide bonds. The van der Waals surface area contributed by atoms with Gasteiger partial charge in [0.2, 0.25) is 0 Å². The van der Waals surface area contributed by atoms with Crippen LogP contribution in [0.4, 0.5) is 5.69 Å². The summed E-state index contributed by atoms with van der Waals surface area (Å²) < 4.78 is 0. The van der Waals surface area contributed by atoms with Gasteiger partial charge in [-0.05, 0) is 30.7 Å². The van der Waals surface area contributed by atoms with Crippen molar-refractivity contribution in [2.24, 2.45) is 11.8 Å². The third-order valence-corrected chi connectivity index (χ3v) is 4.85. The highest BCUT2D eigenvalue weighted by molar-refractivity contribution is 5.92. The molecule has 0 bridgehead atoms. The number of hydrogen-bond acceptors (Lipinski definition) is 4. The van der Waals surface area contributed by atoms with Crippen LogP contribution in [0.3, 0.4) is 0 Å². The number of hydrogen-bond donors (Lipinski definition) is 1. The number of nitriles is 1. The van der Waals surface area contributed by atoms with E-state index in [2.05, 4.69) is 35.4 Å². The van der Waals surface area contributed by atoms with Gasteiger partial charge in [-0.1, -0.05) is 38.5 Å². The third-order valence-electron chi connectivity index (χ3n) is 4.85. The number of benzene rings is 1. The molecule has 0 aliphatic heterocycles. The molecule has 1 aliphatic rings. The Labute approximate surface area is 125 Å². The van der Waals surface area contributed by atoms with Gasteiger partial charge in [0.1, 0.15) is 6.07 Å². The lowest BCUT2D eigenvalue weighted by molar-refractivity contribution is 0.392. The van der Waals surface area contributed by atoms with Crippen LogP contribution in [-0.4, -0.2) is 16.2 Å². The predicted molar refractivity (Wildman–Crippen MR) is 83.8 cm³/mol. The highest BCUT2D eigenvalue weighted by atomic mass is 15.1. The molecule has 2 aromatic rings. The highest BCUT2D eigenvalue weighted by Crippen LogP contribution is 2.37. The summed E-state index contributed by atoms with van der Waals surface area (Å²) in [5.41, 5.74) is 2.06. The van der Waals surface area contributed by atoms with E-state index in [-0.39, 0.29) is 0 Å². The summed E-state index contributed by atoms with van der Waals surface area (Å²) in [7, 11) is 0. The maximum atomic E-state index is 9.32. The molecule has 0 saturated heterocycles. The van der Waals surface area contributed by atoms with Gasteiger partial charge in [0.15, 0.2) is 5.69 Å². The number of rotatable bonds is 3. The molecule has 21 heavy (non-hydrogen) atoms. The van der Waals surface area contributed by atoms with E-state index in [9.17, 15) is 5.26 Å². The zero-order valence-corrected chi connectivity index (χ0v) is 12.5. The van der Waals surface area contributed by atoms with Gasteiger partial charge >= 0.3 is 0 Å². The fourth-order valence-corrected chi connectivity index (χ4v) is 3.49. The molecule has 0 radical (unpaired) electrons. The standard InChI is InChI=1S/C17H20N4/c1-3-12-8-9-14(11(12)2)19-17-13-6-4-5-7-15(13)20-21-16(17)10-18/h4-7,11-12,14H,3,8-9H2,1-2H3,(H,19,20). The SMILES string of the molecule is CCC1CCC(Nc2c(C#N)nnc3ccccc23)C1C. The Hall–Kier alpha value is -2.15. The molecular formula is C17H20N4. The average Bonchev–Trinajstić information content (AvgIpc) is 2.88. The summed E-state index contributed by atoms with van der Waals surface area (Å²) in [6, 6.07) is 10.4. The van der Waals surface area contributed by atoms with Crippen LogP contribution in [0.1, 0.15) is 38.8 Å². The zero-order chi connectivity index (χ0) is 14.8. The number of aromatic nitrogens is 2. The monoisotopic (exact) mass is 280 g/mol. The van der Waals surface area contributed by atoms with Crippen molar-refractivity contribution in [1.82, 2.24) is 10.2 Å². The summed E-state index contributed by atoms with van der Waals surface area (Å²) >= 11 is 0. The van der Waals surface area contributed by atoms with Crippen LogP contribution in [0.15, 0.2) is 24.3 Å². The second-order valence-electron chi connectivity index (χ2n) is 5.91. The molecule has 1 N–H and O–H groups in total. The molecule has 1 aliphatic carbocycles. The Morgan fingerprint density at radius 1 is 1.29 bits per heavy atom. The van der Waals surface area contributed by atoms with Gasteiger partial charge in [0.25, 0.3) is 0 Å². The quantitative estimate of drug-likeness (QED) is 0.930. The Kier molecular flexibility index (Phi) is 3.74. The van der Waals surface area contributed by atoms with E-state index in [1.807, 2.05) is 24.3 Å². The summed E-state index contributed by atoms with van der Waals surface area (Å²) in [5.74, 6) is 1.39. The molecule has 4 nitrogen and oxygen atoms in total. The van der Waals surface area contributed by atoms with Crippen LogP contribution >= 0.6 is 0 Å². The lowest BCUT2D eigenvalue weighted by Gasteiger charge is -2.23. The molecule has 4 heteroatoms. The number of nitrogens with one attached hydrogen (secondary N) is 1. The molecule has 1 fully saturated rings. The smallest absolute Gasteiger partial charge is 0.186 e. The minimum Gasteiger partial charge on any atom is -0.379 e. The van der Waals surface area contributed by atoms with E-state index in [0.717, 1.165) is 28.9 Å². The van der Waals surface area contributed by atoms with Gasteiger partial charge in [-0.3, -0.25) is 0 Å². The van der Waals surface area contributed by atoms with E-state index in [0.29, 0.717) is 17.7 Å². The number of nitrogens with zero attached hydrogens (tertiary/aromatic N) is 3. The van der Waals surface area contributed by atoms with E-state index in [1.165, 1.54) is 12.8 Å². The first-order valence-corrected chi connectivity index (χ1v) is 7.66. The van der Waals surface area contributed by atoms with E-state index < -0.39 is 0 Å². The van der Waals surface area contributed by atoms with E-state index >= 15 is 0 Å². The first-order chi connectivity index (χ1) is 10.2. The van der Waals surface area contributed by atoms with Gasteiger partial charge in [0, 0.05) is 11.4 Å². The Bertz CT molecular complexity index is 689. The number of fused-ring (bicyclic) bond motifs is 1. The van der Waals surface area contributed by atoms with Crippen LogP contribution < -0.4 is 5.32 Å². The summed E-state index contributed by atoms with van der Waals surface area (Å²) in [6.07, 6.45) is 3.63. The van der Waals surface area contributed by atoms with Gasteiger partial charge in [-0.15, -0.1) is 10.2 Å². The summed E-state index contributed by atoms with van der Waals surface area (Å²) in [6.45, 7) is 4.56. The molecule has 1 aromatic carbocycles. The van der Waals surface area contributed by atoms with Crippen molar-refractivity contribution in [3.05, 3.63) is 30.0 Å². The Morgan fingerprint density at radius 2 is 2.10 bits per heavy atom.